The summed E-state index contributed by atoms with van der Waals surface area (Å²) in [7, 11) is 0. The van der Waals surface area contributed by atoms with Crippen LogP contribution in [-0.4, -0.2) is 19.7 Å². The molecule has 94 valence electrons. The maximum Gasteiger partial charge on any atom is 0.138 e. The van der Waals surface area contributed by atoms with Gasteiger partial charge in [0.05, 0.1) is 5.02 Å². The molecule has 18 heavy (non-hydrogen) atoms. The first-order valence-corrected chi connectivity index (χ1v) is 6.32. The van der Waals surface area contributed by atoms with Crippen LogP contribution < -0.4 is 10.1 Å². The van der Waals surface area contributed by atoms with E-state index in [1.165, 1.54) is 0 Å². The minimum absolute atomic E-state index is 0.589. The van der Waals surface area contributed by atoms with Gasteiger partial charge < -0.3 is 10.1 Å². The first-order valence-electron chi connectivity index (χ1n) is 5.94. The van der Waals surface area contributed by atoms with Gasteiger partial charge >= 0.3 is 0 Å². The van der Waals surface area contributed by atoms with Crippen LogP contribution in [0, 0.1) is 0 Å². The Hall–Kier alpha value is -1.51. The van der Waals surface area contributed by atoms with Gasteiger partial charge in [0.25, 0.3) is 0 Å². The molecule has 0 amide bonds. The highest BCUT2D eigenvalue weighted by molar-refractivity contribution is 6.37. The maximum atomic E-state index is 6.32. The van der Waals surface area contributed by atoms with Crippen molar-refractivity contribution in [2.24, 2.45) is 0 Å². The zero-order valence-electron chi connectivity index (χ0n) is 10.2. The SMILES string of the molecule is C=CCNCCOc1ccc2ccccc2c1Cl. The Morgan fingerprint density at radius 2 is 2.06 bits per heavy atom. The minimum atomic E-state index is 0.589. The molecule has 2 nitrogen and oxygen atoms in total. The average Bonchev–Trinajstić information content (AvgIpc) is 2.41. The number of halogens is 1. The highest BCUT2D eigenvalue weighted by Gasteiger charge is 2.05. The van der Waals surface area contributed by atoms with E-state index in [2.05, 4.69) is 11.9 Å². The summed E-state index contributed by atoms with van der Waals surface area (Å²) in [6.07, 6.45) is 1.82. The topological polar surface area (TPSA) is 21.3 Å². The molecule has 0 saturated heterocycles. The van der Waals surface area contributed by atoms with E-state index in [9.17, 15) is 0 Å². The van der Waals surface area contributed by atoms with E-state index in [0.29, 0.717) is 11.6 Å². The number of hydrogen-bond acceptors (Lipinski definition) is 2. The molecule has 0 heterocycles. The Labute approximate surface area is 112 Å². The normalized spacial score (nSPS) is 10.5. The van der Waals surface area contributed by atoms with E-state index >= 15 is 0 Å². The summed E-state index contributed by atoms with van der Waals surface area (Å²) in [5, 5.41) is 6.00. The molecule has 0 aliphatic rings. The zero-order chi connectivity index (χ0) is 12.8. The van der Waals surface area contributed by atoms with Crippen LogP contribution in [0.5, 0.6) is 5.75 Å². The Bertz CT molecular complexity index is 539. The number of rotatable bonds is 6. The highest BCUT2D eigenvalue weighted by Crippen LogP contribution is 2.32. The molecule has 1 N–H and O–H groups in total. The third-order valence-corrected chi connectivity index (χ3v) is 3.04. The van der Waals surface area contributed by atoms with Gasteiger partial charge in [-0.2, -0.15) is 0 Å². The Balaban J connectivity index is 2.05. The maximum absolute atomic E-state index is 6.32. The molecule has 2 rings (SSSR count). The summed E-state index contributed by atoms with van der Waals surface area (Å²) in [4.78, 5) is 0. The Kier molecular flexibility index (Phi) is 4.62. The molecule has 0 aliphatic carbocycles. The predicted octanol–water partition coefficient (Wildman–Crippen LogP) is 3.65. The van der Waals surface area contributed by atoms with E-state index in [1.54, 1.807) is 0 Å². The van der Waals surface area contributed by atoms with Crippen LogP contribution >= 0.6 is 11.6 Å². The molecule has 3 heteroatoms. The summed E-state index contributed by atoms with van der Waals surface area (Å²) in [5.74, 6) is 0.732. The van der Waals surface area contributed by atoms with Crippen LogP contribution in [0.15, 0.2) is 49.1 Å². The van der Waals surface area contributed by atoms with Crippen LogP contribution in [0.4, 0.5) is 0 Å². The van der Waals surface area contributed by atoms with Crippen molar-refractivity contribution >= 4 is 22.4 Å². The van der Waals surface area contributed by atoms with Gasteiger partial charge in [0, 0.05) is 18.5 Å². The lowest BCUT2D eigenvalue weighted by molar-refractivity contribution is 0.317. The van der Waals surface area contributed by atoms with Crippen molar-refractivity contribution < 1.29 is 4.74 Å². The molecule has 0 saturated carbocycles. The average molecular weight is 262 g/mol. The summed E-state index contributed by atoms with van der Waals surface area (Å²) < 4.78 is 5.66. The van der Waals surface area contributed by atoms with Crippen molar-refractivity contribution in [3.8, 4) is 5.75 Å². The van der Waals surface area contributed by atoms with Crippen molar-refractivity contribution in [1.29, 1.82) is 0 Å². The molecule has 0 radical (unpaired) electrons. The number of fused-ring (bicyclic) bond motifs is 1. The van der Waals surface area contributed by atoms with Gasteiger partial charge in [0.1, 0.15) is 12.4 Å². The van der Waals surface area contributed by atoms with Gasteiger partial charge in [-0.05, 0) is 11.5 Å². The number of nitrogens with one attached hydrogen (secondary N) is 1. The van der Waals surface area contributed by atoms with E-state index in [1.807, 2.05) is 42.5 Å². The molecule has 0 unspecified atom stereocenters. The van der Waals surface area contributed by atoms with Crippen LogP contribution in [0.2, 0.25) is 5.02 Å². The summed E-state index contributed by atoms with van der Waals surface area (Å²) in [6.45, 7) is 5.79. The second-order valence-electron chi connectivity index (χ2n) is 3.94. The number of ether oxygens (including phenoxy) is 1. The zero-order valence-corrected chi connectivity index (χ0v) is 10.9. The van der Waals surface area contributed by atoms with E-state index in [0.717, 1.165) is 29.6 Å². The quantitative estimate of drug-likeness (QED) is 0.633. The fourth-order valence-electron chi connectivity index (χ4n) is 1.76. The van der Waals surface area contributed by atoms with Crippen LogP contribution in [-0.2, 0) is 0 Å². The molecular weight excluding hydrogens is 246 g/mol. The van der Waals surface area contributed by atoms with Crippen molar-refractivity contribution in [2.75, 3.05) is 19.7 Å². The second-order valence-corrected chi connectivity index (χ2v) is 4.32. The smallest absolute Gasteiger partial charge is 0.138 e. The van der Waals surface area contributed by atoms with Gasteiger partial charge in [0.2, 0.25) is 0 Å². The fourth-order valence-corrected chi connectivity index (χ4v) is 2.05. The van der Waals surface area contributed by atoms with Crippen molar-refractivity contribution in [1.82, 2.24) is 5.32 Å². The Morgan fingerprint density at radius 1 is 1.22 bits per heavy atom. The van der Waals surface area contributed by atoms with Crippen molar-refractivity contribution in [2.45, 2.75) is 0 Å². The van der Waals surface area contributed by atoms with Gasteiger partial charge in [-0.15, -0.1) is 6.58 Å². The lowest BCUT2D eigenvalue weighted by atomic mass is 10.1. The molecular formula is C15H16ClNO. The molecule has 0 aromatic heterocycles. The molecule has 2 aromatic carbocycles. The van der Waals surface area contributed by atoms with Crippen LogP contribution in [0.25, 0.3) is 10.8 Å². The standard InChI is InChI=1S/C15H16ClNO/c1-2-9-17-10-11-18-14-8-7-12-5-3-4-6-13(12)15(14)16/h2-8,17H,1,9-11H2. The largest absolute Gasteiger partial charge is 0.491 e. The van der Waals surface area contributed by atoms with Gasteiger partial charge in [-0.1, -0.05) is 48.0 Å². The first-order chi connectivity index (χ1) is 8.83. The molecule has 0 bridgehead atoms. The van der Waals surface area contributed by atoms with E-state index in [-0.39, 0.29) is 0 Å². The monoisotopic (exact) mass is 261 g/mol. The molecule has 0 aliphatic heterocycles. The van der Waals surface area contributed by atoms with Gasteiger partial charge in [-0.3, -0.25) is 0 Å². The van der Waals surface area contributed by atoms with Crippen molar-refractivity contribution in [3.05, 3.63) is 54.1 Å². The highest BCUT2D eigenvalue weighted by atomic mass is 35.5. The fraction of sp³-hybridized carbons (Fsp3) is 0.200. The Morgan fingerprint density at radius 3 is 2.89 bits per heavy atom. The molecule has 0 atom stereocenters. The molecule has 2 aromatic rings. The van der Waals surface area contributed by atoms with Crippen LogP contribution in [0.1, 0.15) is 0 Å². The van der Waals surface area contributed by atoms with E-state index < -0.39 is 0 Å². The molecule has 0 spiro atoms. The first kappa shape index (κ1) is 12.9. The number of hydrogen-bond donors (Lipinski definition) is 1. The third-order valence-electron chi connectivity index (χ3n) is 2.65. The second kappa shape index (κ2) is 6.43. The van der Waals surface area contributed by atoms with Gasteiger partial charge in [0.15, 0.2) is 0 Å². The molecule has 0 fully saturated rings. The van der Waals surface area contributed by atoms with Gasteiger partial charge in [-0.25, -0.2) is 0 Å². The minimum Gasteiger partial charge on any atom is -0.491 e. The summed E-state index contributed by atoms with van der Waals surface area (Å²) >= 11 is 6.32. The summed E-state index contributed by atoms with van der Waals surface area (Å²) in [6, 6.07) is 11.9. The predicted molar refractivity (Wildman–Crippen MR) is 77.5 cm³/mol. The van der Waals surface area contributed by atoms with Crippen molar-refractivity contribution in [3.63, 3.8) is 0 Å². The summed E-state index contributed by atoms with van der Waals surface area (Å²) in [5.41, 5.74) is 0. The third kappa shape index (κ3) is 3.03. The lowest BCUT2D eigenvalue weighted by Crippen LogP contribution is -2.20. The van der Waals surface area contributed by atoms with E-state index in [4.69, 9.17) is 16.3 Å². The lowest BCUT2D eigenvalue weighted by Gasteiger charge is -2.10. The van der Waals surface area contributed by atoms with Crippen LogP contribution in [0.3, 0.4) is 0 Å². The number of benzene rings is 2.